The molecule has 0 aromatic heterocycles. The van der Waals surface area contributed by atoms with Crippen molar-refractivity contribution in [2.24, 2.45) is 17.1 Å². The van der Waals surface area contributed by atoms with Crippen LogP contribution in [0.1, 0.15) is 40.0 Å². The van der Waals surface area contributed by atoms with Gasteiger partial charge in [0.15, 0.2) is 0 Å². The van der Waals surface area contributed by atoms with Crippen LogP contribution < -0.4 is 11.1 Å². The molecule has 2 rings (SSSR count). The van der Waals surface area contributed by atoms with Crippen molar-refractivity contribution in [2.75, 3.05) is 5.32 Å². The van der Waals surface area contributed by atoms with Crippen molar-refractivity contribution >= 4 is 27.5 Å². The maximum atomic E-state index is 12.1. The molecule has 3 nitrogen and oxygen atoms in total. The molecule has 1 saturated carbocycles. The van der Waals surface area contributed by atoms with Crippen molar-refractivity contribution in [2.45, 2.75) is 45.6 Å². The first kappa shape index (κ1) is 15.4. The largest absolute Gasteiger partial charge is 0.371 e. The van der Waals surface area contributed by atoms with E-state index in [4.69, 9.17) is 5.73 Å². The van der Waals surface area contributed by atoms with Crippen LogP contribution in [0, 0.1) is 11.3 Å². The summed E-state index contributed by atoms with van der Waals surface area (Å²) in [5, 5.41) is 3.42. The second kappa shape index (κ2) is 5.40. The van der Waals surface area contributed by atoms with Crippen LogP contribution in [0.4, 0.5) is 5.69 Å². The molecule has 1 aliphatic carbocycles. The Morgan fingerprint density at radius 1 is 1.40 bits per heavy atom. The highest BCUT2D eigenvalue weighted by Gasteiger charge is 2.48. The van der Waals surface area contributed by atoms with Crippen LogP contribution in [0.3, 0.4) is 0 Å². The van der Waals surface area contributed by atoms with E-state index in [1.807, 2.05) is 24.3 Å². The minimum Gasteiger partial charge on any atom is -0.371 e. The lowest BCUT2D eigenvalue weighted by Crippen LogP contribution is -2.58. The average molecular weight is 339 g/mol. The van der Waals surface area contributed by atoms with Gasteiger partial charge in [0.1, 0.15) is 5.54 Å². The normalized spacial score (nSPS) is 28.9. The summed E-state index contributed by atoms with van der Waals surface area (Å²) < 4.78 is 0.992. The van der Waals surface area contributed by atoms with Crippen LogP contribution >= 0.6 is 15.9 Å². The maximum absolute atomic E-state index is 12.1. The van der Waals surface area contributed by atoms with E-state index >= 15 is 0 Å². The van der Waals surface area contributed by atoms with Gasteiger partial charge in [0.25, 0.3) is 0 Å². The number of carbonyl (C=O) groups is 1. The predicted molar refractivity (Wildman–Crippen MR) is 86.5 cm³/mol. The van der Waals surface area contributed by atoms with Crippen LogP contribution in [0.5, 0.6) is 0 Å². The van der Waals surface area contributed by atoms with Gasteiger partial charge in [0, 0.05) is 10.2 Å². The van der Waals surface area contributed by atoms with E-state index < -0.39 is 5.54 Å². The molecular formula is C16H23BrN2O. The number of benzene rings is 1. The number of carbonyl (C=O) groups excluding carboxylic acids is 1. The predicted octanol–water partition coefficient (Wildman–Crippen LogP) is 3.93. The third kappa shape index (κ3) is 3.00. The Bertz CT molecular complexity index is 515. The van der Waals surface area contributed by atoms with Gasteiger partial charge in [0.2, 0.25) is 5.91 Å². The minimum absolute atomic E-state index is 0.211. The molecule has 2 atom stereocenters. The third-order valence-electron chi connectivity index (χ3n) is 4.53. The first-order valence-electron chi connectivity index (χ1n) is 7.09. The number of halogens is 1. The zero-order chi connectivity index (χ0) is 15.0. The molecule has 20 heavy (non-hydrogen) atoms. The molecule has 0 spiro atoms. The second-order valence-electron chi connectivity index (χ2n) is 6.74. The van der Waals surface area contributed by atoms with Crippen molar-refractivity contribution in [3.8, 4) is 0 Å². The van der Waals surface area contributed by atoms with E-state index in [0.29, 0.717) is 0 Å². The number of nitrogens with one attached hydrogen (secondary N) is 1. The van der Waals surface area contributed by atoms with E-state index in [1.165, 1.54) is 0 Å². The fourth-order valence-corrected chi connectivity index (χ4v) is 3.72. The Hall–Kier alpha value is -1.03. The maximum Gasteiger partial charge on any atom is 0.243 e. The molecule has 0 heterocycles. The lowest BCUT2D eigenvalue weighted by atomic mass is 9.63. The van der Waals surface area contributed by atoms with Gasteiger partial charge in [0.05, 0.1) is 0 Å². The first-order valence-corrected chi connectivity index (χ1v) is 7.88. The highest BCUT2D eigenvalue weighted by atomic mass is 79.9. The Labute approximate surface area is 129 Å². The molecule has 1 amide bonds. The second-order valence-corrected chi connectivity index (χ2v) is 7.66. The van der Waals surface area contributed by atoms with Crippen molar-refractivity contribution in [1.29, 1.82) is 0 Å². The Kier molecular flexibility index (Phi) is 4.14. The molecule has 1 aromatic carbocycles. The van der Waals surface area contributed by atoms with Gasteiger partial charge in [-0.25, -0.2) is 0 Å². The summed E-state index contributed by atoms with van der Waals surface area (Å²) in [6.07, 6.45) is 2.78. The van der Waals surface area contributed by atoms with E-state index in [2.05, 4.69) is 42.0 Å². The van der Waals surface area contributed by atoms with Gasteiger partial charge in [-0.15, -0.1) is 0 Å². The lowest BCUT2D eigenvalue weighted by Gasteiger charge is -2.47. The highest BCUT2D eigenvalue weighted by molar-refractivity contribution is 9.10. The van der Waals surface area contributed by atoms with E-state index in [-0.39, 0.29) is 17.2 Å². The van der Waals surface area contributed by atoms with Crippen molar-refractivity contribution in [3.05, 3.63) is 28.7 Å². The Balaban J connectivity index is 2.29. The molecule has 0 aliphatic heterocycles. The summed E-state index contributed by atoms with van der Waals surface area (Å²) in [6.45, 7) is 6.64. The van der Waals surface area contributed by atoms with Gasteiger partial charge in [-0.05, 0) is 48.8 Å². The fourth-order valence-electron chi connectivity index (χ4n) is 3.32. The van der Waals surface area contributed by atoms with Crippen molar-refractivity contribution < 1.29 is 4.79 Å². The third-order valence-corrected chi connectivity index (χ3v) is 5.02. The summed E-state index contributed by atoms with van der Waals surface area (Å²) in [5.41, 5.74) is 6.32. The molecule has 3 N–H and O–H groups in total. The van der Waals surface area contributed by atoms with E-state index in [9.17, 15) is 4.79 Å². The van der Waals surface area contributed by atoms with Crippen molar-refractivity contribution in [1.82, 2.24) is 0 Å². The first-order chi connectivity index (χ1) is 9.25. The summed E-state index contributed by atoms with van der Waals surface area (Å²) in [4.78, 5) is 12.1. The Morgan fingerprint density at radius 3 is 2.65 bits per heavy atom. The SMILES string of the molecule is CC1CC(C)(C)CCC1(Nc1cccc(Br)c1)C(N)=O. The topological polar surface area (TPSA) is 55.1 Å². The van der Waals surface area contributed by atoms with E-state index in [1.54, 1.807) is 0 Å². The fraction of sp³-hybridized carbons (Fsp3) is 0.562. The number of hydrogen-bond acceptors (Lipinski definition) is 2. The van der Waals surface area contributed by atoms with Crippen LogP contribution in [0.15, 0.2) is 28.7 Å². The molecule has 1 aliphatic rings. The zero-order valence-electron chi connectivity index (χ0n) is 12.4. The van der Waals surface area contributed by atoms with Crippen LogP contribution in [-0.4, -0.2) is 11.4 Å². The number of hydrogen-bond donors (Lipinski definition) is 2. The molecule has 1 aromatic rings. The number of rotatable bonds is 3. The van der Waals surface area contributed by atoms with E-state index in [0.717, 1.165) is 29.4 Å². The molecule has 1 fully saturated rings. The Morgan fingerprint density at radius 2 is 2.10 bits per heavy atom. The number of primary amides is 1. The molecule has 2 unspecified atom stereocenters. The smallest absolute Gasteiger partial charge is 0.243 e. The molecule has 4 heteroatoms. The van der Waals surface area contributed by atoms with Crippen molar-refractivity contribution in [3.63, 3.8) is 0 Å². The monoisotopic (exact) mass is 338 g/mol. The van der Waals surface area contributed by atoms with Gasteiger partial charge in [-0.3, -0.25) is 4.79 Å². The van der Waals surface area contributed by atoms with Gasteiger partial charge < -0.3 is 11.1 Å². The molecule has 0 bridgehead atoms. The molecule has 110 valence electrons. The number of anilines is 1. The number of amides is 1. The summed E-state index contributed by atoms with van der Waals surface area (Å²) in [5.74, 6) is -0.0387. The molecular weight excluding hydrogens is 316 g/mol. The molecule has 0 saturated heterocycles. The van der Waals surface area contributed by atoms with Crippen LogP contribution in [0.2, 0.25) is 0 Å². The van der Waals surface area contributed by atoms with Gasteiger partial charge in [-0.1, -0.05) is 42.8 Å². The van der Waals surface area contributed by atoms with Gasteiger partial charge >= 0.3 is 0 Å². The lowest BCUT2D eigenvalue weighted by molar-refractivity contribution is -0.126. The summed E-state index contributed by atoms with van der Waals surface area (Å²) in [6, 6.07) is 7.88. The zero-order valence-corrected chi connectivity index (χ0v) is 14.0. The summed E-state index contributed by atoms with van der Waals surface area (Å²) in [7, 11) is 0. The molecule has 0 radical (unpaired) electrons. The highest BCUT2D eigenvalue weighted by Crippen LogP contribution is 2.45. The average Bonchev–Trinajstić information content (AvgIpc) is 2.32. The van der Waals surface area contributed by atoms with Crippen LogP contribution in [0.25, 0.3) is 0 Å². The van der Waals surface area contributed by atoms with Gasteiger partial charge in [-0.2, -0.15) is 0 Å². The quantitative estimate of drug-likeness (QED) is 0.877. The summed E-state index contributed by atoms with van der Waals surface area (Å²) >= 11 is 3.46. The standard InChI is InChI=1S/C16H23BrN2O/c1-11-10-15(2,3)7-8-16(11,14(18)20)19-13-6-4-5-12(17)9-13/h4-6,9,11,19H,7-8,10H2,1-3H3,(H2,18,20). The minimum atomic E-state index is -0.643. The number of nitrogens with two attached hydrogens (primary N) is 1. The van der Waals surface area contributed by atoms with Crippen LogP contribution in [-0.2, 0) is 4.79 Å².